The van der Waals surface area contributed by atoms with Crippen molar-refractivity contribution in [1.29, 1.82) is 0 Å². The number of aromatic nitrogens is 1. The zero-order valence-electron chi connectivity index (χ0n) is 17.8. The van der Waals surface area contributed by atoms with Crippen LogP contribution in [0.4, 0.5) is 10.6 Å². The highest BCUT2D eigenvalue weighted by atomic mass is 35.5. The maximum atomic E-state index is 12.2. The summed E-state index contributed by atoms with van der Waals surface area (Å²) in [7, 11) is -3.52. The van der Waals surface area contributed by atoms with E-state index < -0.39 is 21.7 Å². The number of nitrogens with one attached hydrogen (secondary N) is 1. The molecule has 0 saturated carbocycles. The predicted octanol–water partition coefficient (Wildman–Crippen LogP) is 3.70. The van der Waals surface area contributed by atoms with E-state index in [-0.39, 0.29) is 30.7 Å². The van der Waals surface area contributed by atoms with Crippen LogP contribution in [0.15, 0.2) is 42.5 Å². The van der Waals surface area contributed by atoms with E-state index in [0.29, 0.717) is 18.4 Å². The third-order valence-corrected chi connectivity index (χ3v) is 5.91. The quantitative estimate of drug-likeness (QED) is 0.486. The second-order valence-corrected chi connectivity index (χ2v) is 9.85. The van der Waals surface area contributed by atoms with E-state index in [1.165, 1.54) is 4.31 Å². The number of rotatable bonds is 11. The van der Waals surface area contributed by atoms with Gasteiger partial charge in [-0.3, -0.25) is 4.31 Å². The molecule has 1 atom stereocenters. The maximum absolute atomic E-state index is 12.2. The largest absolute Gasteiger partial charge is 0.465 e. The number of hydrogen-bond donors (Lipinski definition) is 2. The van der Waals surface area contributed by atoms with Crippen molar-refractivity contribution in [2.75, 3.05) is 23.7 Å². The summed E-state index contributed by atoms with van der Waals surface area (Å²) in [4.78, 5) is 15.2. The van der Waals surface area contributed by atoms with Crippen LogP contribution in [0.5, 0.6) is 0 Å². The molecule has 1 aromatic heterocycles. The van der Waals surface area contributed by atoms with E-state index in [9.17, 15) is 13.2 Å². The summed E-state index contributed by atoms with van der Waals surface area (Å²) in [6.45, 7) is 4.15. The third kappa shape index (κ3) is 8.01. The second kappa shape index (κ2) is 10.8. The summed E-state index contributed by atoms with van der Waals surface area (Å²) < 4.78 is 31.7. The van der Waals surface area contributed by atoms with Gasteiger partial charge in [0, 0.05) is 19.5 Å². The first kappa shape index (κ1) is 24.9. The van der Waals surface area contributed by atoms with Gasteiger partial charge in [-0.2, -0.15) is 0 Å². The molecule has 0 aliphatic carbocycles. The van der Waals surface area contributed by atoms with Crippen molar-refractivity contribution in [1.82, 2.24) is 10.3 Å². The Kier molecular flexibility index (Phi) is 8.67. The molecular weight excluding hydrogens is 442 g/mol. The maximum Gasteiger partial charge on any atom is 0.404 e. The number of amides is 1. The molecule has 170 valence electrons. The highest BCUT2D eigenvalue weighted by Crippen LogP contribution is 2.24. The van der Waals surface area contributed by atoms with Gasteiger partial charge in [0.25, 0.3) is 0 Å². The second-order valence-electron chi connectivity index (χ2n) is 7.55. The lowest BCUT2D eigenvalue weighted by molar-refractivity contribution is -0.0406. The number of halogens is 1. The fraction of sp³-hybridized carbons (Fsp3) is 0.429. The zero-order valence-corrected chi connectivity index (χ0v) is 19.4. The standard InChI is InChI=1S/C21H28ClN3O5S/c1-4-10-25(31(3,28)29)19-12-17(11-18(22)24-19)14-30-21(2,15-23-20(26)27)13-16-8-6-5-7-9-16/h5-9,11-12,23H,4,10,13-15H2,1-3H3,(H,26,27). The molecule has 0 aliphatic rings. The molecule has 2 rings (SSSR count). The van der Waals surface area contributed by atoms with Crippen LogP contribution in [0.2, 0.25) is 5.15 Å². The van der Waals surface area contributed by atoms with E-state index in [1.807, 2.05) is 44.2 Å². The van der Waals surface area contributed by atoms with Gasteiger partial charge in [0.15, 0.2) is 0 Å². The molecule has 0 saturated heterocycles. The van der Waals surface area contributed by atoms with Crippen LogP contribution in [-0.2, 0) is 27.8 Å². The van der Waals surface area contributed by atoms with E-state index in [2.05, 4.69) is 10.3 Å². The first-order valence-electron chi connectivity index (χ1n) is 9.81. The van der Waals surface area contributed by atoms with Crippen LogP contribution < -0.4 is 9.62 Å². The van der Waals surface area contributed by atoms with Crippen LogP contribution in [0.25, 0.3) is 0 Å². The molecule has 1 heterocycles. The molecule has 10 heteroatoms. The number of hydrogen-bond acceptors (Lipinski definition) is 5. The number of sulfonamides is 1. The number of carbonyl (C=O) groups is 1. The number of pyridine rings is 1. The van der Waals surface area contributed by atoms with Crippen LogP contribution >= 0.6 is 11.6 Å². The summed E-state index contributed by atoms with van der Waals surface area (Å²) >= 11 is 6.15. The Hall–Kier alpha value is -2.36. The summed E-state index contributed by atoms with van der Waals surface area (Å²) in [6.07, 6.45) is 1.07. The van der Waals surface area contributed by atoms with E-state index in [4.69, 9.17) is 21.4 Å². The molecule has 0 aliphatic heterocycles. The minimum atomic E-state index is -3.52. The van der Waals surface area contributed by atoms with Gasteiger partial charge >= 0.3 is 6.09 Å². The van der Waals surface area contributed by atoms with Crippen molar-refractivity contribution in [3.05, 3.63) is 58.7 Å². The lowest BCUT2D eigenvalue weighted by Crippen LogP contribution is -2.44. The molecule has 0 spiro atoms. The monoisotopic (exact) mass is 469 g/mol. The summed E-state index contributed by atoms with van der Waals surface area (Å²) in [6, 6.07) is 12.8. The van der Waals surface area contributed by atoms with Gasteiger partial charge in [-0.1, -0.05) is 48.9 Å². The predicted molar refractivity (Wildman–Crippen MR) is 121 cm³/mol. The molecule has 8 nitrogen and oxygen atoms in total. The lowest BCUT2D eigenvalue weighted by Gasteiger charge is -2.30. The SMILES string of the molecule is CCCN(c1cc(COC(C)(CNC(=O)O)Cc2ccccc2)cc(Cl)n1)S(C)(=O)=O. The molecule has 0 fully saturated rings. The van der Waals surface area contributed by atoms with Crippen molar-refractivity contribution in [3.8, 4) is 0 Å². The Morgan fingerprint density at radius 3 is 2.52 bits per heavy atom. The first-order valence-corrected chi connectivity index (χ1v) is 12.0. The Labute approximate surface area is 188 Å². The molecule has 1 unspecified atom stereocenters. The van der Waals surface area contributed by atoms with Crippen molar-refractivity contribution in [3.63, 3.8) is 0 Å². The van der Waals surface area contributed by atoms with Gasteiger partial charge in [0.05, 0.1) is 18.5 Å². The number of benzene rings is 1. The van der Waals surface area contributed by atoms with Crippen LogP contribution in [0.3, 0.4) is 0 Å². The number of ether oxygens (including phenoxy) is 1. The zero-order chi connectivity index (χ0) is 23.1. The number of nitrogens with zero attached hydrogens (tertiary/aromatic N) is 2. The molecular formula is C21H28ClN3O5S. The molecule has 0 radical (unpaired) electrons. The topological polar surface area (TPSA) is 109 Å². The van der Waals surface area contributed by atoms with Crippen molar-refractivity contribution in [2.24, 2.45) is 0 Å². The van der Waals surface area contributed by atoms with E-state index in [0.717, 1.165) is 11.8 Å². The lowest BCUT2D eigenvalue weighted by atomic mass is 9.96. The molecule has 31 heavy (non-hydrogen) atoms. The summed E-state index contributed by atoms with van der Waals surface area (Å²) in [5.74, 6) is 0.226. The Balaban J connectivity index is 2.25. The Morgan fingerprint density at radius 1 is 1.26 bits per heavy atom. The highest BCUT2D eigenvalue weighted by molar-refractivity contribution is 7.92. The van der Waals surface area contributed by atoms with Crippen molar-refractivity contribution in [2.45, 2.75) is 38.9 Å². The summed E-state index contributed by atoms with van der Waals surface area (Å²) in [5, 5.41) is 11.6. The van der Waals surface area contributed by atoms with Gasteiger partial charge in [0.2, 0.25) is 10.0 Å². The van der Waals surface area contributed by atoms with Gasteiger partial charge in [-0.25, -0.2) is 18.2 Å². The Morgan fingerprint density at radius 2 is 1.94 bits per heavy atom. The summed E-state index contributed by atoms with van der Waals surface area (Å²) in [5.41, 5.74) is 0.793. The fourth-order valence-corrected chi connectivity index (χ4v) is 4.29. The average Bonchev–Trinajstić information content (AvgIpc) is 2.69. The normalized spacial score (nSPS) is 13.4. The first-order chi connectivity index (χ1) is 14.5. The van der Waals surface area contributed by atoms with Crippen LogP contribution in [0.1, 0.15) is 31.4 Å². The molecule has 1 amide bonds. The highest BCUT2D eigenvalue weighted by Gasteiger charge is 2.27. The minimum absolute atomic E-state index is 0.0776. The van der Waals surface area contributed by atoms with Gasteiger partial charge < -0.3 is 15.2 Å². The van der Waals surface area contributed by atoms with Crippen molar-refractivity contribution >= 4 is 33.5 Å². The van der Waals surface area contributed by atoms with Crippen molar-refractivity contribution < 1.29 is 23.1 Å². The Bertz CT molecular complexity index is 988. The molecule has 1 aromatic carbocycles. The van der Waals surface area contributed by atoms with Crippen LogP contribution in [0, 0.1) is 0 Å². The fourth-order valence-electron chi connectivity index (χ4n) is 3.11. The molecule has 2 N–H and O–H groups in total. The third-order valence-electron chi connectivity index (χ3n) is 4.54. The van der Waals surface area contributed by atoms with Gasteiger partial charge in [-0.05, 0) is 36.6 Å². The minimum Gasteiger partial charge on any atom is -0.465 e. The van der Waals surface area contributed by atoms with Gasteiger partial charge in [0.1, 0.15) is 11.0 Å². The van der Waals surface area contributed by atoms with E-state index in [1.54, 1.807) is 12.1 Å². The van der Waals surface area contributed by atoms with Crippen LogP contribution in [-0.4, -0.2) is 49.5 Å². The number of carboxylic acid groups (broad SMARTS) is 1. The van der Waals surface area contributed by atoms with E-state index >= 15 is 0 Å². The molecule has 2 aromatic rings. The van der Waals surface area contributed by atoms with Gasteiger partial charge in [-0.15, -0.1) is 0 Å². The average molecular weight is 470 g/mol. The molecule has 0 bridgehead atoms. The smallest absolute Gasteiger partial charge is 0.404 e. The number of anilines is 1.